The van der Waals surface area contributed by atoms with Crippen LogP contribution in [0.3, 0.4) is 0 Å². The minimum absolute atomic E-state index is 0.0865. The van der Waals surface area contributed by atoms with Gasteiger partial charge in [0.1, 0.15) is 0 Å². The lowest BCUT2D eigenvalue weighted by molar-refractivity contribution is -0.316. The van der Waals surface area contributed by atoms with Gasteiger partial charge in [0.05, 0.1) is 5.92 Å². The minimum atomic E-state index is -4.94. The maximum atomic E-state index is 13.7. The van der Waals surface area contributed by atoms with Gasteiger partial charge in [-0.25, -0.2) is 0 Å². The number of halogens is 3. The molecule has 3 rings (SSSR count). The van der Waals surface area contributed by atoms with Crippen LogP contribution in [-0.4, -0.2) is 33.6 Å². The van der Waals surface area contributed by atoms with Gasteiger partial charge in [-0.1, -0.05) is 43.2 Å². The molecular formula is C19H23F3N2O2. The largest absolute Gasteiger partial charge is 0.439 e. The highest BCUT2D eigenvalue weighted by atomic mass is 19.4. The van der Waals surface area contributed by atoms with Crippen LogP contribution in [0.2, 0.25) is 0 Å². The average molecular weight is 368 g/mol. The molecule has 1 aliphatic heterocycles. The number of hydrazone groups is 1. The van der Waals surface area contributed by atoms with E-state index in [0.717, 1.165) is 18.4 Å². The van der Waals surface area contributed by atoms with Gasteiger partial charge in [0.2, 0.25) is 5.91 Å². The predicted octanol–water partition coefficient (Wildman–Crippen LogP) is 4.04. The van der Waals surface area contributed by atoms with Gasteiger partial charge in [0.15, 0.2) is 0 Å². The number of hydrogen-bond acceptors (Lipinski definition) is 3. The van der Waals surface area contributed by atoms with E-state index in [2.05, 4.69) is 5.10 Å². The van der Waals surface area contributed by atoms with Crippen molar-refractivity contribution in [2.24, 2.45) is 11.0 Å². The Morgan fingerprint density at radius 2 is 1.96 bits per heavy atom. The lowest BCUT2D eigenvalue weighted by Crippen LogP contribution is -2.61. The summed E-state index contributed by atoms with van der Waals surface area (Å²) < 4.78 is 41.2. The molecule has 4 nitrogen and oxygen atoms in total. The number of carbonyl (C=O) groups excluding carboxylic acids is 1. The van der Waals surface area contributed by atoms with Crippen LogP contribution in [-0.2, 0) is 11.2 Å². The Morgan fingerprint density at radius 3 is 2.65 bits per heavy atom. The quantitative estimate of drug-likeness (QED) is 0.872. The molecule has 0 unspecified atom stereocenters. The Bertz CT molecular complexity index is 675. The number of amides is 1. The third-order valence-electron chi connectivity index (χ3n) is 5.22. The lowest BCUT2D eigenvalue weighted by atomic mass is 9.87. The van der Waals surface area contributed by atoms with Crippen molar-refractivity contribution in [1.29, 1.82) is 0 Å². The zero-order chi connectivity index (χ0) is 18.8. The third kappa shape index (κ3) is 3.49. The number of fused-ring (bicyclic) bond motifs is 1. The van der Waals surface area contributed by atoms with Crippen molar-refractivity contribution in [3.05, 3.63) is 35.9 Å². The van der Waals surface area contributed by atoms with Gasteiger partial charge in [-0.05, 0) is 37.7 Å². The van der Waals surface area contributed by atoms with E-state index in [0.29, 0.717) is 36.4 Å². The molecule has 1 aromatic carbocycles. The van der Waals surface area contributed by atoms with Gasteiger partial charge in [0.25, 0.3) is 5.72 Å². The molecule has 0 aromatic heterocycles. The van der Waals surface area contributed by atoms with Crippen LogP contribution >= 0.6 is 0 Å². The number of aliphatic hydroxyl groups is 1. The topological polar surface area (TPSA) is 52.9 Å². The average Bonchev–Trinajstić information content (AvgIpc) is 2.75. The number of carbonyl (C=O) groups is 1. The molecule has 0 bridgehead atoms. The van der Waals surface area contributed by atoms with Crippen LogP contribution in [0.15, 0.2) is 35.4 Å². The maximum absolute atomic E-state index is 13.7. The Morgan fingerprint density at radius 1 is 1.23 bits per heavy atom. The summed E-state index contributed by atoms with van der Waals surface area (Å²) in [6.45, 7) is 0. The fraction of sp³-hybridized carbons (Fsp3) is 0.579. The van der Waals surface area contributed by atoms with Gasteiger partial charge >= 0.3 is 6.18 Å². The van der Waals surface area contributed by atoms with Crippen molar-refractivity contribution in [1.82, 2.24) is 5.01 Å². The molecule has 1 aliphatic carbocycles. The molecule has 142 valence electrons. The molecule has 1 heterocycles. The summed E-state index contributed by atoms with van der Waals surface area (Å²) in [6.07, 6.45) is -1.29. The Balaban J connectivity index is 1.74. The standard InChI is InChI=1S/C19H23F3N2O2/c20-19(21,22)18(26)15-11-5-2-6-12-16(15)23-24(18)17(25)13-7-10-14-8-3-1-4-9-14/h1,3-4,8-9,15,26H,2,5-7,10-13H2/t15-,18+/m0/s1. The van der Waals surface area contributed by atoms with Crippen LogP contribution in [0.1, 0.15) is 50.5 Å². The summed E-state index contributed by atoms with van der Waals surface area (Å²) in [6, 6.07) is 9.44. The van der Waals surface area contributed by atoms with E-state index in [4.69, 9.17) is 0 Å². The van der Waals surface area contributed by atoms with Crippen LogP contribution in [0.5, 0.6) is 0 Å². The molecule has 1 fully saturated rings. The second-order valence-electron chi connectivity index (χ2n) is 7.01. The second kappa shape index (κ2) is 7.39. The number of rotatable bonds is 4. The van der Waals surface area contributed by atoms with Crippen molar-refractivity contribution >= 4 is 11.6 Å². The van der Waals surface area contributed by atoms with E-state index in [1.54, 1.807) is 0 Å². The van der Waals surface area contributed by atoms with E-state index in [-0.39, 0.29) is 12.8 Å². The number of alkyl halides is 3. The fourth-order valence-corrected chi connectivity index (χ4v) is 3.84. The molecule has 0 saturated heterocycles. The normalized spacial score (nSPS) is 26.2. The molecule has 0 radical (unpaired) electrons. The molecule has 1 saturated carbocycles. The molecule has 0 spiro atoms. The highest BCUT2D eigenvalue weighted by Gasteiger charge is 2.67. The van der Waals surface area contributed by atoms with Crippen molar-refractivity contribution in [3.63, 3.8) is 0 Å². The molecule has 1 aromatic rings. The highest BCUT2D eigenvalue weighted by molar-refractivity contribution is 5.93. The van der Waals surface area contributed by atoms with Crippen LogP contribution in [0.25, 0.3) is 0 Å². The molecule has 26 heavy (non-hydrogen) atoms. The number of aryl methyl sites for hydroxylation is 1. The summed E-state index contributed by atoms with van der Waals surface area (Å²) >= 11 is 0. The van der Waals surface area contributed by atoms with Crippen molar-refractivity contribution in [3.8, 4) is 0 Å². The van der Waals surface area contributed by atoms with Gasteiger partial charge in [-0.3, -0.25) is 4.79 Å². The number of nitrogens with zero attached hydrogens (tertiary/aromatic N) is 2. The number of benzene rings is 1. The van der Waals surface area contributed by atoms with Crippen LogP contribution in [0, 0.1) is 5.92 Å². The smallest absolute Gasteiger partial charge is 0.362 e. The second-order valence-corrected chi connectivity index (χ2v) is 7.01. The molecule has 1 amide bonds. The maximum Gasteiger partial charge on any atom is 0.439 e. The van der Waals surface area contributed by atoms with E-state index in [1.165, 1.54) is 0 Å². The van der Waals surface area contributed by atoms with Crippen molar-refractivity contribution < 1.29 is 23.1 Å². The molecule has 2 aliphatic rings. The van der Waals surface area contributed by atoms with Gasteiger partial charge in [0, 0.05) is 12.1 Å². The summed E-state index contributed by atoms with van der Waals surface area (Å²) in [7, 11) is 0. The van der Waals surface area contributed by atoms with Crippen molar-refractivity contribution in [2.45, 2.75) is 63.3 Å². The first kappa shape index (κ1) is 18.9. The molecule has 7 heteroatoms. The van der Waals surface area contributed by atoms with E-state index in [9.17, 15) is 23.1 Å². The van der Waals surface area contributed by atoms with Crippen LogP contribution in [0.4, 0.5) is 13.2 Å². The Labute approximate surface area is 150 Å². The SMILES string of the molecule is O=C(CCCc1ccccc1)N1N=C2CCCCC[C@@H]2[C@@]1(O)C(F)(F)F. The lowest BCUT2D eigenvalue weighted by Gasteiger charge is -2.37. The Kier molecular flexibility index (Phi) is 5.37. The van der Waals surface area contributed by atoms with Gasteiger partial charge in [-0.2, -0.15) is 23.3 Å². The first-order chi connectivity index (χ1) is 12.3. The first-order valence-corrected chi connectivity index (χ1v) is 9.07. The van der Waals surface area contributed by atoms with Gasteiger partial charge < -0.3 is 5.11 Å². The fourth-order valence-electron chi connectivity index (χ4n) is 3.84. The summed E-state index contributed by atoms with van der Waals surface area (Å²) in [4.78, 5) is 12.5. The third-order valence-corrected chi connectivity index (χ3v) is 5.22. The summed E-state index contributed by atoms with van der Waals surface area (Å²) in [5, 5.41) is 14.8. The summed E-state index contributed by atoms with van der Waals surface area (Å²) in [5.74, 6) is -1.93. The van der Waals surface area contributed by atoms with E-state index in [1.807, 2.05) is 30.3 Å². The monoisotopic (exact) mass is 368 g/mol. The first-order valence-electron chi connectivity index (χ1n) is 9.07. The zero-order valence-electron chi connectivity index (χ0n) is 14.5. The van der Waals surface area contributed by atoms with E-state index < -0.39 is 23.7 Å². The summed E-state index contributed by atoms with van der Waals surface area (Å²) in [5.41, 5.74) is -1.89. The molecular weight excluding hydrogens is 345 g/mol. The molecule has 1 N–H and O–H groups in total. The van der Waals surface area contributed by atoms with E-state index >= 15 is 0 Å². The predicted molar refractivity (Wildman–Crippen MR) is 91.2 cm³/mol. The molecule has 2 atom stereocenters. The van der Waals surface area contributed by atoms with Crippen molar-refractivity contribution in [2.75, 3.05) is 0 Å². The number of hydrogen-bond donors (Lipinski definition) is 1. The highest BCUT2D eigenvalue weighted by Crippen LogP contribution is 2.47. The van der Waals surface area contributed by atoms with Crippen LogP contribution < -0.4 is 0 Å². The Hall–Kier alpha value is -1.89. The minimum Gasteiger partial charge on any atom is -0.362 e. The van der Waals surface area contributed by atoms with Gasteiger partial charge in [-0.15, -0.1) is 0 Å². The zero-order valence-corrected chi connectivity index (χ0v) is 14.5.